The minimum absolute atomic E-state index is 0.0511. The van der Waals surface area contributed by atoms with E-state index >= 15 is 0 Å². The van der Waals surface area contributed by atoms with E-state index in [1.54, 1.807) is 0 Å². The molecule has 0 heterocycles. The van der Waals surface area contributed by atoms with E-state index in [2.05, 4.69) is 25.1 Å². The van der Waals surface area contributed by atoms with Gasteiger partial charge in [-0.3, -0.25) is 0 Å². The van der Waals surface area contributed by atoms with Crippen molar-refractivity contribution in [2.24, 2.45) is 5.73 Å². The first-order valence-corrected chi connectivity index (χ1v) is 6.10. The van der Waals surface area contributed by atoms with Crippen molar-refractivity contribution in [3.8, 4) is 0 Å². The Kier molecular flexibility index (Phi) is 3.82. The van der Waals surface area contributed by atoms with Crippen molar-refractivity contribution < 1.29 is 0 Å². The van der Waals surface area contributed by atoms with E-state index in [9.17, 15) is 0 Å². The Balaban J connectivity index is 2.20. The van der Waals surface area contributed by atoms with Crippen molar-refractivity contribution in [3.63, 3.8) is 0 Å². The maximum absolute atomic E-state index is 6.21. The van der Waals surface area contributed by atoms with Crippen molar-refractivity contribution in [2.75, 3.05) is 0 Å². The zero-order valence-corrected chi connectivity index (χ0v) is 10.6. The molecule has 0 spiro atoms. The first kappa shape index (κ1) is 12.2. The maximum Gasteiger partial charge on any atom is 0.0454 e. The van der Waals surface area contributed by atoms with Crippen LogP contribution in [0.5, 0.6) is 0 Å². The van der Waals surface area contributed by atoms with Crippen LogP contribution >= 0.6 is 11.6 Å². The van der Waals surface area contributed by atoms with Crippen molar-refractivity contribution in [1.29, 1.82) is 0 Å². The van der Waals surface area contributed by atoms with Gasteiger partial charge in [-0.15, -0.1) is 0 Å². The van der Waals surface area contributed by atoms with Crippen molar-refractivity contribution in [2.45, 2.75) is 19.4 Å². The standard InChI is InChI=1S/C15H16ClN/c1-11-7-8-14(16)13(9-11)15(17)10-12-5-3-2-4-6-12/h2-9,15H,10,17H2,1H3. The molecule has 0 aromatic heterocycles. The summed E-state index contributed by atoms with van der Waals surface area (Å²) < 4.78 is 0. The number of benzene rings is 2. The molecule has 0 saturated carbocycles. The lowest BCUT2D eigenvalue weighted by Gasteiger charge is -2.14. The molecule has 17 heavy (non-hydrogen) atoms. The Morgan fingerprint density at radius 1 is 1.12 bits per heavy atom. The first-order valence-electron chi connectivity index (χ1n) is 5.72. The Morgan fingerprint density at radius 3 is 2.53 bits per heavy atom. The van der Waals surface area contributed by atoms with E-state index in [0.717, 1.165) is 17.0 Å². The lowest BCUT2D eigenvalue weighted by molar-refractivity contribution is 0.721. The fourth-order valence-corrected chi connectivity index (χ4v) is 2.18. The lowest BCUT2D eigenvalue weighted by atomic mass is 9.98. The molecular weight excluding hydrogens is 230 g/mol. The predicted octanol–water partition coefficient (Wildman–Crippen LogP) is 3.89. The Labute approximate surface area is 107 Å². The second-order valence-electron chi connectivity index (χ2n) is 4.32. The van der Waals surface area contributed by atoms with Gasteiger partial charge in [-0.1, -0.05) is 59.6 Å². The predicted molar refractivity (Wildman–Crippen MR) is 73.3 cm³/mol. The highest BCUT2D eigenvalue weighted by Gasteiger charge is 2.10. The largest absolute Gasteiger partial charge is 0.324 e. The van der Waals surface area contributed by atoms with Gasteiger partial charge in [-0.05, 0) is 30.5 Å². The van der Waals surface area contributed by atoms with Gasteiger partial charge in [-0.2, -0.15) is 0 Å². The van der Waals surface area contributed by atoms with Gasteiger partial charge < -0.3 is 5.73 Å². The van der Waals surface area contributed by atoms with E-state index in [1.807, 2.05) is 30.3 Å². The van der Waals surface area contributed by atoms with Crippen LogP contribution in [0.2, 0.25) is 5.02 Å². The second kappa shape index (κ2) is 5.35. The fourth-order valence-electron chi connectivity index (χ4n) is 1.93. The van der Waals surface area contributed by atoms with E-state index in [4.69, 9.17) is 17.3 Å². The molecule has 0 fully saturated rings. The quantitative estimate of drug-likeness (QED) is 0.872. The minimum Gasteiger partial charge on any atom is -0.324 e. The number of nitrogens with two attached hydrogens (primary N) is 1. The van der Waals surface area contributed by atoms with Crippen LogP contribution in [0, 0.1) is 6.92 Å². The molecule has 0 saturated heterocycles. The molecule has 1 unspecified atom stereocenters. The topological polar surface area (TPSA) is 26.0 Å². The number of hydrogen-bond donors (Lipinski definition) is 1. The van der Waals surface area contributed by atoms with Gasteiger partial charge in [0.1, 0.15) is 0 Å². The molecule has 1 nitrogen and oxygen atoms in total. The van der Waals surface area contributed by atoms with Gasteiger partial charge in [0.05, 0.1) is 0 Å². The molecule has 0 amide bonds. The summed E-state index contributed by atoms with van der Waals surface area (Å²) in [6.07, 6.45) is 0.810. The number of hydrogen-bond acceptors (Lipinski definition) is 1. The van der Waals surface area contributed by atoms with Gasteiger partial charge in [0.15, 0.2) is 0 Å². The maximum atomic E-state index is 6.21. The van der Waals surface area contributed by atoms with Crippen LogP contribution in [-0.4, -0.2) is 0 Å². The summed E-state index contributed by atoms with van der Waals surface area (Å²) in [5.74, 6) is 0. The molecule has 0 radical (unpaired) electrons. The third kappa shape index (κ3) is 3.09. The summed E-state index contributed by atoms with van der Waals surface area (Å²) in [6.45, 7) is 2.05. The van der Waals surface area contributed by atoms with E-state index in [-0.39, 0.29) is 6.04 Å². The summed E-state index contributed by atoms with van der Waals surface area (Å²) in [7, 11) is 0. The van der Waals surface area contributed by atoms with Crippen LogP contribution in [0.4, 0.5) is 0 Å². The van der Waals surface area contributed by atoms with Crippen molar-refractivity contribution >= 4 is 11.6 Å². The highest BCUT2D eigenvalue weighted by molar-refractivity contribution is 6.31. The summed E-state index contributed by atoms with van der Waals surface area (Å²) in [4.78, 5) is 0. The zero-order valence-electron chi connectivity index (χ0n) is 9.86. The van der Waals surface area contributed by atoms with Gasteiger partial charge in [-0.25, -0.2) is 0 Å². The average molecular weight is 246 g/mol. The van der Waals surface area contributed by atoms with Crippen LogP contribution in [0.25, 0.3) is 0 Å². The second-order valence-corrected chi connectivity index (χ2v) is 4.73. The zero-order chi connectivity index (χ0) is 12.3. The van der Waals surface area contributed by atoms with E-state index in [0.29, 0.717) is 0 Å². The van der Waals surface area contributed by atoms with Gasteiger partial charge >= 0.3 is 0 Å². The smallest absolute Gasteiger partial charge is 0.0454 e. The molecule has 0 aliphatic carbocycles. The Morgan fingerprint density at radius 2 is 1.82 bits per heavy atom. The molecule has 0 aliphatic heterocycles. The van der Waals surface area contributed by atoms with Gasteiger partial charge in [0, 0.05) is 11.1 Å². The lowest BCUT2D eigenvalue weighted by Crippen LogP contribution is -2.14. The fraction of sp³-hybridized carbons (Fsp3) is 0.200. The van der Waals surface area contributed by atoms with Crippen LogP contribution in [-0.2, 0) is 6.42 Å². The number of aryl methyl sites for hydroxylation is 1. The number of rotatable bonds is 3. The Hall–Kier alpha value is -1.31. The summed E-state index contributed by atoms with van der Waals surface area (Å²) in [5, 5.41) is 0.749. The van der Waals surface area contributed by atoms with E-state index < -0.39 is 0 Å². The van der Waals surface area contributed by atoms with Gasteiger partial charge in [0.2, 0.25) is 0 Å². The first-order chi connectivity index (χ1) is 8.16. The van der Waals surface area contributed by atoms with E-state index in [1.165, 1.54) is 11.1 Å². The van der Waals surface area contributed by atoms with Gasteiger partial charge in [0.25, 0.3) is 0 Å². The average Bonchev–Trinajstić information content (AvgIpc) is 2.33. The third-order valence-electron chi connectivity index (χ3n) is 2.85. The molecule has 2 heteroatoms. The third-order valence-corrected chi connectivity index (χ3v) is 3.19. The molecule has 0 aliphatic rings. The highest BCUT2D eigenvalue weighted by Crippen LogP contribution is 2.25. The SMILES string of the molecule is Cc1ccc(Cl)c(C(N)Cc2ccccc2)c1. The van der Waals surface area contributed by atoms with Crippen LogP contribution < -0.4 is 5.73 Å². The van der Waals surface area contributed by atoms with Crippen molar-refractivity contribution in [3.05, 3.63) is 70.2 Å². The molecule has 2 rings (SSSR count). The Bertz CT molecular complexity index is 494. The summed E-state index contributed by atoms with van der Waals surface area (Å²) in [6, 6.07) is 16.2. The van der Waals surface area contributed by atoms with Crippen LogP contribution in [0.1, 0.15) is 22.7 Å². The molecule has 88 valence electrons. The molecule has 2 N–H and O–H groups in total. The molecule has 1 atom stereocenters. The summed E-state index contributed by atoms with van der Waals surface area (Å²) >= 11 is 6.18. The minimum atomic E-state index is -0.0511. The van der Waals surface area contributed by atoms with Crippen molar-refractivity contribution in [1.82, 2.24) is 0 Å². The number of halogens is 1. The summed E-state index contributed by atoms with van der Waals surface area (Å²) in [5.41, 5.74) is 9.66. The monoisotopic (exact) mass is 245 g/mol. The molecule has 2 aromatic carbocycles. The van der Waals surface area contributed by atoms with Crippen LogP contribution in [0.3, 0.4) is 0 Å². The van der Waals surface area contributed by atoms with Crippen LogP contribution in [0.15, 0.2) is 48.5 Å². The molecule has 0 bridgehead atoms. The molecular formula is C15H16ClN. The normalized spacial score (nSPS) is 12.4. The molecule has 2 aromatic rings. The highest BCUT2D eigenvalue weighted by atomic mass is 35.5.